The van der Waals surface area contributed by atoms with E-state index in [2.05, 4.69) is 9.72 Å². The van der Waals surface area contributed by atoms with Crippen molar-refractivity contribution in [3.05, 3.63) is 18.2 Å². The zero-order valence-corrected chi connectivity index (χ0v) is 7.66. The molecule has 0 aromatic carbocycles. The van der Waals surface area contributed by atoms with Crippen molar-refractivity contribution in [2.45, 2.75) is 12.7 Å². The molecule has 15 heavy (non-hydrogen) atoms. The lowest BCUT2D eigenvalue weighted by Gasteiger charge is -2.08. The summed E-state index contributed by atoms with van der Waals surface area (Å²) in [5.74, 6) is 0.158. The second-order valence-corrected chi connectivity index (χ2v) is 2.72. The molecule has 1 rings (SSSR count). The minimum absolute atomic E-state index is 0.107. The van der Waals surface area contributed by atoms with Gasteiger partial charge in [0.2, 0.25) is 5.82 Å². The number of halogens is 3. The average Bonchev–Trinajstić information content (AvgIpc) is 2.58. The second-order valence-electron chi connectivity index (χ2n) is 2.72. The average molecular weight is 219 g/mol. The number of rotatable bonds is 4. The van der Waals surface area contributed by atoms with Crippen LogP contribution in [-0.4, -0.2) is 28.9 Å². The highest BCUT2D eigenvalue weighted by Crippen LogP contribution is 2.14. The number of aromatic nitrogens is 2. The van der Waals surface area contributed by atoms with Gasteiger partial charge in [-0.05, 0) is 0 Å². The number of alkyl halides is 3. The largest absolute Gasteiger partial charge is 0.411 e. The van der Waals surface area contributed by atoms with Gasteiger partial charge in [-0.3, -0.25) is 0 Å². The maximum Gasteiger partial charge on any atom is 0.411 e. The summed E-state index contributed by atoms with van der Waals surface area (Å²) in [6.45, 7) is -1.20. The minimum Gasteiger partial charge on any atom is -0.370 e. The molecule has 0 N–H and O–H groups in total. The molecule has 4 nitrogen and oxygen atoms in total. The molecule has 0 unspecified atom stereocenters. The first-order valence-corrected chi connectivity index (χ1v) is 4.08. The molecule has 1 aromatic rings. The summed E-state index contributed by atoms with van der Waals surface area (Å²) in [6, 6.07) is 1.81. The SMILES string of the molecule is N#Cc1nccn1CCOCC(F)(F)F. The van der Waals surface area contributed by atoms with Gasteiger partial charge in [-0.15, -0.1) is 0 Å². The Bertz CT molecular complexity index is 353. The highest BCUT2D eigenvalue weighted by atomic mass is 19.4. The van der Waals surface area contributed by atoms with Gasteiger partial charge >= 0.3 is 6.18 Å². The molecule has 0 radical (unpaired) electrons. The van der Waals surface area contributed by atoms with Crippen LogP contribution in [0.3, 0.4) is 0 Å². The molecule has 0 spiro atoms. The predicted molar refractivity (Wildman–Crippen MR) is 43.8 cm³/mol. The van der Waals surface area contributed by atoms with Crippen molar-refractivity contribution in [1.29, 1.82) is 5.26 Å². The van der Waals surface area contributed by atoms with Crippen LogP contribution in [0.4, 0.5) is 13.2 Å². The number of nitrogens with zero attached hydrogens (tertiary/aromatic N) is 3. The number of hydrogen-bond donors (Lipinski definition) is 0. The van der Waals surface area contributed by atoms with Crippen LogP contribution in [-0.2, 0) is 11.3 Å². The van der Waals surface area contributed by atoms with E-state index >= 15 is 0 Å². The van der Waals surface area contributed by atoms with E-state index in [0.29, 0.717) is 0 Å². The van der Waals surface area contributed by atoms with Gasteiger partial charge in [-0.25, -0.2) is 4.98 Å². The molecule has 7 heteroatoms. The van der Waals surface area contributed by atoms with E-state index in [1.54, 1.807) is 6.07 Å². The van der Waals surface area contributed by atoms with Gasteiger partial charge in [0.15, 0.2) is 0 Å². The van der Waals surface area contributed by atoms with E-state index in [1.807, 2.05) is 0 Å². The van der Waals surface area contributed by atoms with Crippen LogP contribution in [0.15, 0.2) is 12.4 Å². The van der Waals surface area contributed by atoms with Crippen molar-refractivity contribution >= 4 is 0 Å². The van der Waals surface area contributed by atoms with Gasteiger partial charge in [-0.2, -0.15) is 18.4 Å². The van der Waals surface area contributed by atoms with Crippen LogP contribution in [0.2, 0.25) is 0 Å². The summed E-state index contributed by atoms with van der Waals surface area (Å²) in [5, 5.41) is 8.54. The fourth-order valence-electron chi connectivity index (χ4n) is 0.953. The highest BCUT2D eigenvalue weighted by molar-refractivity contribution is 5.10. The van der Waals surface area contributed by atoms with Gasteiger partial charge in [0.1, 0.15) is 12.7 Å². The third-order valence-electron chi connectivity index (χ3n) is 1.56. The van der Waals surface area contributed by atoms with Crippen molar-refractivity contribution in [2.75, 3.05) is 13.2 Å². The normalized spacial score (nSPS) is 11.3. The Kier molecular flexibility index (Phi) is 3.68. The lowest BCUT2D eigenvalue weighted by atomic mass is 10.6. The quantitative estimate of drug-likeness (QED) is 0.718. The molecule has 0 aliphatic heterocycles. The van der Waals surface area contributed by atoms with E-state index in [4.69, 9.17) is 5.26 Å². The summed E-state index contributed by atoms with van der Waals surface area (Å²) in [7, 11) is 0. The number of imidazole rings is 1. The third kappa shape index (κ3) is 3.99. The lowest BCUT2D eigenvalue weighted by molar-refractivity contribution is -0.174. The predicted octanol–water partition coefficient (Wildman–Crippen LogP) is 1.33. The molecule has 0 fully saturated rings. The molecule has 1 heterocycles. The van der Waals surface area contributed by atoms with E-state index in [9.17, 15) is 13.2 Å². The fraction of sp³-hybridized carbons (Fsp3) is 0.500. The summed E-state index contributed by atoms with van der Waals surface area (Å²) in [4.78, 5) is 3.69. The molecular weight excluding hydrogens is 211 g/mol. The molecular formula is C8H8F3N3O. The Labute approximate surface area is 83.9 Å². The van der Waals surface area contributed by atoms with E-state index in [-0.39, 0.29) is 19.0 Å². The molecule has 0 saturated carbocycles. The summed E-state index contributed by atoms with van der Waals surface area (Å²) < 4.78 is 40.8. The number of hydrogen-bond acceptors (Lipinski definition) is 3. The van der Waals surface area contributed by atoms with Crippen molar-refractivity contribution in [1.82, 2.24) is 9.55 Å². The summed E-state index contributed by atoms with van der Waals surface area (Å²) in [6.07, 6.45) is -1.40. The fourth-order valence-corrected chi connectivity index (χ4v) is 0.953. The zero-order valence-electron chi connectivity index (χ0n) is 7.66. The van der Waals surface area contributed by atoms with E-state index < -0.39 is 12.8 Å². The molecule has 0 atom stereocenters. The Morgan fingerprint density at radius 2 is 2.27 bits per heavy atom. The standard InChI is InChI=1S/C8H8F3N3O/c9-8(10,11)6-15-4-3-14-2-1-13-7(14)5-12/h1-2H,3-4,6H2. The van der Waals surface area contributed by atoms with Gasteiger partial charge in [0, 0.05) is 18.9 Å². The van der Waals surface area contributed by atoms with Gasteiger partial charge < -0.3 is 9.30 Å². The van der Waals surface area contributed by atoms with Crippen LogP contribution in [0.1, 0.15) is 5.82 Å². The monoisotopic (exact) mass is 219 g/mol. The minimum atomic E-state index is -4.31. The summed E-state index contributed by atoms with van der Waals surface area (Å²) >= 11 is 0. The van der Waals surface area contributed by atoms with E-state index in [1.165, 1.54) is 17.0 Å². The molecule has 0 amide bonds. The van der Waals surface area contributed by atoms with Crippen molar-refractivity contribution < 1.29 is 17.9 Å². The number of nitriles is 1. The Hall–Kier alpha value is -1.55. The molecule has 0 aliphatic rings. The van der Waals surface area contributed by atoms with Gasteiger partial charge in [0.25, 0.3) is 0 Å². The topological polar surface area (TPSA) is 50.8 Å². The molecule has 82 valence electrons. The number of ether oxygens (including phenoxy) is 1. The molecule has 1 aromatic heterocycles. The van der Waals surface area contributed by atoms with Crippen LogP contribution >= 0.6 is 0 Å². The Balaban J connectivity index is 2.30. The molecule has 0 aliphatic carbocycles. The van der Waals surface area contributed by atoms with Crippen molar-refractivity contribution in [2.24, 2.45) is 0 Å². The molecule has 0 saturated heterocycles. The maximum absolute atomic E-state index is 11.7. The first-order valence-electron chi connectivity index (χ1n) is 4.08. The third-order valence-corrected chi connectivity index (χ3v) is 1.56. The lowest BCUT2D eigenvalue weighted by Crippen LogP contribution is -2.19. The summed E-state index contributed by atoms with van der Waals surface area (Å²) in [5.41, 5.74) is 0. The van der Waals surface area contributed by atoms with Crippen LogP contribution < -0.4 is 0 Å². The van der Waals surface area contributed by atoms with Crippen LogP contribution in [0, 0.1) is 11.3 Å². The van der Waals surface area contributed by atoms with Gasteiger partial charge in [-0.1, -0.05) is 0 Å². The first kappa shape index (κ1) is 11.5. The smallest absolute Gasteiger partial charge is 0.370 e. The van der Waals surface area contributed by atoms with Crippen LogP contribution in [0.25, 0.3) is 0 Å². The highest BCUT2D eigenvalue weighted by Gasteiger charge is 2.27. The Morgan fingerprint density at radius 1 is 1.53 bits per heavy atom. The van der Waals surface area contributed by atoms with E-state index in [0.717, 1.165) is 0 Å². The van der Waals surface area contributed by atoms with Crippen molar-refractivity contribution in [3.8, 4) is 6.07 Å². The van der Waals surface area contributed by atoms with Crippen LogP contribution in [0.5, 0.6) is 0 Å². The molecule has 0 bridgehead atoms. The second kappa shape index (κ2) is 4.79. The zero-order chi connectivity index (χ0) is 11.3. The Morgan fingerprint density at radius 3 is 2.87 bits per heavy atom. The first-order chi connectivity index (χ1) is 7.03. The maximum atomic E-state index is 11.7. The van der Waals surface area contributed by atoms with Crippen molar-refractivity contribution in [3.63, 3.8) is 0 Å². The van der Waals surface area contributed by atoms with Gasteiger partial charge in [0.05, 0.1) is 6.61 Å².